The Morgan fingerprint density at radius 3 is 2.47 bits per heavy atom. The van der Waals surface area contributed by atoms with Gasteiger partial charge in [0.1, 0.15) is 5.82 Å². The lowest BCUT2D eigenvalue weighted by molar-refractivity contribution is 0.0937. The first-order chi connectivity index (χ1) is 15.5. The summed E-state index contributed by atoms with van der Waals surface area (Å²) in [6, 6.07) is 21.2. The van der Waals surface area contributed by atoms with Crippen molar-refractivity contribution in [3.05, 3.63) is 89.2 Å². The van der Waals surface area contributed by atoms with Crippen LogP contribution in [0.2, 0.25) is 0 Å². The lowest BCUT2D eigenvalue weighted by Gasteiger charge is -2.18. The largest absolute Gasteiger partial charge is 0.493 e. The second-order valence-corrected chi connectivity index (χ2v) is 7.74. The number of methoxy groups -OCH3 is 2. The maximum Gasteiger partial charge on any atom is 0.251 e. The van der Waals surface area contributed by atoms with Crippen molar-refractivity contribution in [1.82, 2.24) is 14.9 Å². The average molecular weight is 430 g/mol. The number of benzene rings is 3. The first-order valence-corrected chi connectivity index (χ1v) is 10.5. The molecule has 1 N–H and O–H groups in total. The van der Waals surface area contributed by atoms with Gasteiger partial charge in [0, 0.05) is 12.1 Å². The Bertz CT molecular complexity index is 1260. The molecule has 0 unspecified atom stereocenters. The van der Waals surface area contributed by atoms with Crippen LogP contribution in [0.1, 0.15) is 40.3 Å². The van der Waals surface area contributed by atoms with E-state index in [0.29, 0.717) is 23.6 Å². The Kier molecular flexibility index (Phi) is 6.12. The summed E-state index contributed by atoms with van der Waals surface area (Å²) in [6.07, 6.45) is 0. The number of para-hydroxylation sites is 2. The number of nitrogens with zero attached hydrogens (tertiary/aromatic N) is 2. The molecule has 4 rings (SSSR count). The fourth-order valence-corrected chi connectivity index (χ4v) is 3.87. The van der Waals surface area contributed by atoms with Crippen LogP contribution in [0.4, 0.5) is 0 Å². The van der Waals surface area contributed by atoms with Crippen molar-refractivity contribution in [3.63, 3.8) is 0 Å². The molecule has 164 valence electrons. The predicted octanol–water partition coefficient (Wildman–Crippen LogP) is 4.90. The highest BCUT2D eigenvalue weighted by molar-refractivity contribution is 5.95. The van der Waals surface area contributed by atoms with Crippen LogP contribution in [0.5, 0.6) is 11.5 Å². The number of carbonyl (C=O) groups excluding carboxylic acids is 1. The third kappa shape index (κ3) is 4.17. The highest BCUT2D eigenvalue weighted by Crippen LogP contribution is 2.28. The van der Waals surface area contributed by atoms with Crippen LogP contribution < -0.4 is 14.8 Å². The van der Waals surface area contributed by atoms with Crippen molar-refractivity contribution >= 4 is 16.9 Å². The number of hydrogen-bond acceptors (Lipinski definition) is 4. The van der Waals surface area contributed by atoms with E-state index in [2.05, 4.69) is 35.0 Å². The summed E-state index contributed by atoms with van der Waals surface area (Å²) in [4.78, 5) is 17.8. The van der Waals surface area contributed by atoms with Crippen molar-refractivity contribution in [2.45, 2.75) is 26.4 Å². The molecule has 0 aliphatic heterocycles. The van der Waals surface area contributed by atoms with Crippen molar-refractivity contribution in [1.29, 1.82) is 0 Å². The maximum atomic E-state index is 13.0. The number of ether oxygens (including phenoxy) is 2. The second kappa shape index (κ2) is 9.14. The normalized spacial score (nSPS) is 11.9. The van der Waals surface area contributed by atoms with Crippen LogP contribution in [0.3, 0.4) is 0 Å². The molecule has 0 aliphatic carbocycles. The van der Waals surface area contributed by atoms with E-state index in [-0.39, 0.29) is 11.9 Å². The zero-order valence-electron chi connectivity index (χ0n) is 18.8. The van der Waals surface area contributed by atoms with Gasteiger partial charge in [0.15, 0.2) is 11.5 Å². The summed E-state index contributed by atoms with van der Waals surface area (Å²) in [5, 5.41) is 3.08. The zero-order chi connectivity index (χ0) is 22.7. The monoisotopic (exact) mass is 429 g/mol. The summed E-state index contributed by atoms with van der Waals surface area (Å²) in [5.74, 6) is 1.70. The summed E-state index contributed by atoms with van der Waals surface area (Å²) in [5.41, 5.74) is 4.88. The minimum atomic E-state index is -0.299. The van der Waals surface area contributed by atoms with Gasteiger partial charge in [-0.15, -0.1) is 0 Å². The summed E-state index contributed by atoms with van der Waals surface area (Å²) in [7, 11) is 3.12. The lowest BCUT2D eigenvalue weighted by atomic mass is 10.1. The Morgan fingerprint density at radius 2 is 1.72 bits per heavy atom. The van der Waals surface area contributed by atoms with E-state index < -0.39 is 0 Å². The van der Waals surface area contributed by atoms with Crippen LogP contribution >= 0.6 is 0 Å². The number of hydrogen-bond donors (Lipinski definition) is 1. The Hall–Kier alpha value is -3.80. The number of carbonyl (C=O) groups is 1. The van der Waals surface area contributed by atoms with E-state index in [1.54, 1.807) is 32.4 Å². The molecule has 0 spiro atoms. The molecule has 3 aromatic carbocycles. The first kappa shape index (κ1) is 21.4. The van der Waals surface area contributed by atoms with Gasteiger partial charge < -0.3 is 19.4 Å². The third-order valence-electron chi connectivity index (χ3n) is 5.65. The summed E-state index contributed by atoms with van der Waals surface area (Å²) in [6.45, 7) is 4.74. The molecule has 1 aromatic heterocycles. The van der Waals surface area contributed by atoms with E-state index >= 15 is 0 Å². The van der Waals surface area contributed by atoms with Gasteiger partial charge in [-0.2, -0.15) is 0 Å². The molecule has 0 saturated heterocycles. The number of amides is 1. The van der Waals surface area contributed by atoms with E-state index in [1.807, 2.05) is 37.3 Å². The van der Waals surface area contributed by atoms with Crippen molar-refractivity contribution in [2.75, 3.05) is 14.2 Å². The van der Waals surface area contributed by atoms with E-state index in [4.69, 9.17) is 14.5 Å². The second-order valence-electron chi connectivity index (χ2n) is 7.74. The SMILES string of the molecule is COc1ccc(C(=O)N[C@@H](C)c2nc3ccccc3n2Cc2ccccc2C)cc1OC. The number of imidazole rings is 1. The Morgan fingerprint density at radius 1 is 1.00 bits per heavy atom. The lowest BCUT2D eigenvalue weighted by Crippen LogP contribution is -2.29. The molecule has 0 bridgehead atoms. The van der Waals surface area contributed by atoms with Crippen LogP contribution in [0.25, 0.3) is 11.0 Å². The van der Waals surface area contributed by atoms with Crippen molar-refractivity contribution < 1.29 is 14.3 Å². The van der Waals surface area contributed by atoms with Gasteiger partial charge in [-0.25, -0.2) is 4.98 Å². The highest BCUT2D eigenvalue weighted by atomic mass is 16.5. The molecule has 0 fully saturated rings. The number of aryl methyl sites for hydroxylation is 1. The molecular formula is C26H27N3O3. The average Bonchev–Trinajstić information content (AvgIpc) is 3.18. The number of rotatable bonds is 7. The summed E-state index contributed by atoms with van der Waals surface area (Å²) < 4.78 is 12.8. The number of aromatic nitrogens is 2. The topological polar surface area (TPSA) is 65.4 Å². The van der Waals surface area contributed by atoms with Gasteiger partial charge >= 0.3 is 0 Å². The van der Waals surface area contributed by atoms with Crippen molar-refractivity contribution in [3.8, 4) is 11.5 Å². The van der Waals surface area contributed by atoms with Crippen LogP contribution in [0.15, 0.2) is 66.7 Å². The molecule has 32 heavy (non-hydrogen) atoms. The molecule has 1 amide bonds. The van der Waals surface area contributed by atoms with E-state index in [0.717, 1.165) is 16.9 Å². The molecule has 0 aliphatic rings. The fourth-order valence-electron chi connectivity index (χ4n) is 3.87. The molecule has 0 saturated carbocycles. The summed E-state index contributed by atoms with van der Waals surface area (Å²) >= 11 is 0. The fraction of sp³-hybridized carbons (Fsp3) is 0.231. The van der Waals surface area contributed by atoms with E-state index in [1.165, 1.54) is 11.1 Å². The molecule has 1 atom stereocenters. The molecule has 1 heterocycles. The van der Waals surface area contributed by atoms with Gasteiger partial charge in [-0.3, -0.25) is 4.79 Å². The first-order valence-electron chi connectivity index (χ1n) is 10.5. The third-order valence-corrected chi connectivity index (χ3v) is 5.65. The molecule has 0 radical (unpaired) electrons. The van der Waals surface area contributed by atoms with Gasteiger partial charge in [0.25, 0.3) is 5.91 Å². The molecule has 4 aromatic rings. The Balaban J connectivity index is 1.66. The zero-order valence-corrected chi connectivity index (χ0v) is 18.8. The van der Waals surface area contributed by atoms with Crippen LogP contribution in [-0.2, 0) is 6.54 Å². The standard InChI is InChI=1S/C26H27N3O3/c1-17-9-5-6-10-20(17)16-29-22-12-8-7-11-21(22)28-25(29)18(2)27-26(30)19-13-14-23(31-3)24(15-19)32-4/h5-15,18H,16H2,1-4H3,(H,27,30)/t18-/m0/s1. The van der Waals surface area contributed by atoms with Crippen LogP contribution in [0, 0.1) is 6.92 Å². The number of fused-ring (bicyclic) bond motifs is 1. The molecular weight excluding hydrogens is 402 g/mol. The minimum Gasteiger partial charge on any atom is -0.493 e. The van der Waals surface area contributed by atoms with Crippen LogP contribution in [-0.4, -0.2) is 29.7 Å². The molecule has 6 nitrogen and oxygen atoms in total. The predicted molar refractivity (Wildman–Crippen MR) is 125 cm³/mol. The maximum absolute atomic E-state index is 13.0. The van der Waals surface area contributed by atoms with Crippen molar-refractivity contribution in [2.24, 2.45) is 0 Å². The highest BCUT2D eigenvalue weighted by Gasteiger charge is 2.20. The van der Waals surface area contributed by atoms with Gasteiger partial charge in [0.05, 0.1) is 31.3 Å². The quantitative estimate of drug-likeness (QED) is 0.454. The Labute approximate surface area is 187 Å². The van der Waals surface area contributed by atoms with Gasteiger partial charge in [-0.1, -0.05) is 36.4 Å². The van der Waals surface area contributed by atoms with Gasteiger partial charge in [-0.05, 0) is 55.3 Å². The van der Waals surface area contributed by atoms with E-state index in [9.17, 15) is 4.79 Å². The van der Waals surface area contributed by atoms with Gasteiger partial charge in [0.2, 0.25) is 0 Å². The smallest absolute Gasteiger partial charge is 0.251 e. The minimum absolute atomic E-state index is 0.201. The molecule has 6 heteroatoms. The number of nitrogens with one attached hydrogen (secondary N) is 1.